The molecule has 1 heterocycles. The van der Waals surface area contributed by atoms with Crippen LogP contribution < -0.4 is 4.72 Å². The molecule has 0 bridgehead atoms. The third-order valence-corrected chi connectivity index (χ3v) is 5.32. The van der Waals surface area contributed by atoms with E-state index in [1.807, 2.05) is 0 Å². The van der Waals surface area contributed by atoms with E-state index in [0.717, 1.165) is 0 Å². The molecular weight excluding hydrogens is 326 g/mol. The van der Waals surface area contributed by atoms with Gasteiger partial charge in [-0.1, -0.05) is 23.7 Å². The Morgan fingerprint density at radius 1 is 1.32 bits per heavy atom. The summed E-state index contributed by atoms with van der Waals surface area (Å²) in [6, 6.07) is 6.60. The van der Waals surface area contributed by atoms with Gasteiger partial charge in [0.05, 0.1) is 11.4 Å². The quantitative estimate of drug-likeness (QED) is 0.772. The van der Waals surface area contributed by atoms with E-state index < -0.39 is 15.6 Å². The van der Waals surface area contributed by atoms with Gasteiger partial charge in [-0.3, -0.25) is 5.10 Å². The van der Waals surface area contributed by atoms with Gasteiger partial charge in [0.15, 0.2) is 0 Å². The highest BCUT2D eigenvalue weighted by Crippen LogP contribution is 2.23. The molecule has 3 N–H and O–H groups in total. The van der Waals surface area contributed by atoms with Crippen LogP contribution >= 0.6 is 11.6 Å². The van der Waals surface area contributed by atoms with E-state index in [9.17, 15) is 13.5 Å². The maximum Gasteiger partial charge on any atom is 0.244 e. The number of rotatable bonds is 5. The summed E-state index contributed by atoms with van der Waals surface area (Å²) in [5, 5.41) is 17.5. The smallest absolute Gasteiger partial charge is 0.244 e. The summed E-state index contributed by atoms with van der Waals surface area (Å²) in [5.41, 5.74) is 0.0518. The van der Waals surface area contributed by atoms with Crippen LogP contribution in [-0.2, 0) is 15.6 Å². The molecule has 1 atom stereocenters. The molecule has 22 heavy (non-hydrogen) atoms. The molecule has 0 saturated heterocycles. The zero-order valence-electron chi connectivity index (χ0n) is 12.5. The highest BCUT2D eigenvalue weighted by atomic mass is 35.5. The van der Waals surface area contributed by atoms with Gasteiger partial charge < -0.3 is 5.11 Å². The SMILES string of the molecule is Cc1n[nH]c(C)c1S(=O)(=O)NCC(C)(O)c1ccc(Cl)cc1. The summed E-state index contributed by atoms with van der Waals surface area (Å²) in [6.45, 7) is 4.61. The second kappa shape index (κ2) is 6.00. The van der Waals surface area contributed by atoms with Gasteiger partial charge in [-0.15, -0.1) is 0 Å². The minimum Gasteiger partial charge on any atom is -0.384 e. The summed E-state index contributed by atoms with van der Waals surface area (Å²) < 4.78 is 27.2. The van der Waals surface area contributed by atoms with Gasteiger partial charge in [-0.2, -0.15) is 5.10 Å². The van der Waals surface area contributed by atoms with Crippen LogP contribution in [0.1, 0.15) is 23.9 Å². The molecule has 0 aliphatic carbocycles. The number of H-pyrrole nitrogens is 1. The van der Waals surface area contributed by atoms with Gasteiger partial charge in [0.25, 0.3) is 0 Å². The van der Waals surface area contributed by atoms with Crippen molar-refractivity contribution in [1.29, 1.82) is 0 Å². The van der Waals surface area contributed by atoms with Crippen LogP contribution in [0.3, 0.4) is 0 Å². The Morgan fingerprint density at radius 3 is 2.41 bits per heavy atom. The van der Waals surface area contributed by atoms with Crippen LogP contribution in [-0.4, -0.2) is 30.3 Å². The Balaban J connectivity index is 2.19. The molecule has 0 amide bonds. The van der Waals surface area contributed by atoms with Crippen molar-refractivity contribution in [1.82, 2.24) is 14.9 Å². The Morgan fingerprint density at radius 2 is 1.91 bits per heavy atom. The predicted octanol–water partition coefficient (Wildman–Crippen LogP) is 1.87. The lowest BCUT2D eigenvalue weighted by Crippen LogP contribution is -2.38. The first-order valence-corrected chi connectivity index (χ1v) is 8.49. The van der Waals surface area contributed by atoms with Crippen LogP contribution in [0.25, 0.3) is 0 Å². The maximum absolute atomic E-state index is 12.4. The summed E-state index contributed by atoms with van der Waals surface area (Å²) in [4.78, 5) is 0.111. The van der Waals surface area contributed by atoms with E-state index in [4.69, 9.17) is 11.6 Å². The molecule has 0 spiro atoms. The van der Waals surface area contributed by atoms with Crippen molar-refractivity contribution in [3.63, 3.8) is 0 Å². The second-order valence-electron chi connectivity index (χ2n) is 5.37. The summed E-state index contributed by atoms with van der Waals surface area (Å²) in [6.07, 6.45) is 0. The first kappa shape index (κ1) is 17.0. The molecule has 6 nitrogen and oxygen atoms in total. The Labute approximate surface area is 134 Å². The number of aliphatic hydroxyl groups is 1. The number of hydrogen-bond donors (Lipinski definition) is 3. The lowest BCUT2D eigenvalue weighted by atomic mass is 9.97. The number of sulfonamides is 1. The van der Waals surface area contributed by atoms with E-state index in [1.165, 1.54) is 6.92 Å². The van der Waals surface area contributed by atoms with Crippen LogP contribution in [0, 0.1) is 13.8 Å². The average Bonchev–Trinajstić information content (AvgIpc) is 2.77. The van der Waals surface area contributed by atoms with E-state index in [0.29, 0.717) is 22.0 Å². The number of nitrogens with zero attached hydrogens (tertiary/aromatic N) is 1. The van der Waals surface area contributed by atoms with Crippen molar-refractivity contribution in [2.45, 2.75) is 31.3 Å². The van der Waals surface area contributed by atoms with Crippen LogP contribution in [0.4, 0.5) is 0 Å². The van der Waals surface area contributed by atoms with Gasteiger partial charge in [-0.05, 0) is 38.5 Å². The molecule has 0 radical (unpaired) electrons. The number of benzene rings is 1. The number of aromatic amines is 1. The monoisotopic (exact) mass is 343 g/mol. The highest BCUT2D eigenvalue weighted by Gasteiger charge is 2.28. The van der Waals surface area contributed by atoms with Gasteiger partial charge in [0.2, 0.25) is 10.0 Å². The molecule has 0 aliphatic rings. The van der Waals surface area contributed by atoms with Crippen molar-refractivity contribution in [3.05, 3.63) is 46.2 Å². The van der Waals surface area contributed by atoms with Crippen molar-refractivity contribution < 1.29 is 13.5 Å². The lowest BCUT2D eigenvalue weighted by Gasteiger charge is -2.24. The second-order valence-corrected chi connectivity index (χ2v) is 7.51. The van der Waals surface area contributed by atoms with E-state index >= 15 is 0 Å². The molecule has 2 rings (SSSR count). The fourth-order valence-corrected chi connectivity index (χ4v) is 3.78. The fraction of sp³-hybridized carbons (Fsp3) is 0.357. The molecule has 1 aromatic carbocycles. The molecular formula is C14H18ClN3O3S. The number of aryl methyl sites for hydroxylation is 2. The topological polar surface area (TPSA) is 95.1 Å². The van der Waals surface area contributed by atoms with Crippen LogP contribution in [0.2, 0.25) is 5.02 Å². The van der Waals surface area contributed by atoms with Crippen molar-refractivity contribution in [2.75, 3.05) is 6.54 Å². The molecule has 0 saturated carbocycles. The number of aromatic nitrogens is 2. The van der Waals surface area contributed by atoms with Gasteiger partial charge >= 0.3 is 0 Å². The van der Waals surface area contributed by atoms with Gasteiger partial charge in [0, 0.05) is 11.6 Å². The highest BCUT2D eigenvalue weighted by molar-refractivity contribution is 7.89. The number of nitrogens with one attached hydrogen (secondary N) is 2. The predicted molar refractivity (Wildman–Crippen MR) is 84.3 cm³/mol. The summed E-state index contributed by atoms with van der Waals surface area (Å²) in [7, 11) is -3.76. The molecule has 120 valence electrons. The first-order valence-electron chi connectivity index (χ1n) is 6.63. The standard InChI is InChI=1S/C14H18ClN3O3S/c1-9-13(10(2)18-17-9)22(20,21)16-8-14(3,19)11-4-6-12(15)7-5-11/h4-7,16,19H,8H2,1-3H3,(H,17,18). The Bertz CT molecular complexity index is 748. The zero-order chi connectivity index (χ0) is 16.5. The molecule has 0 fully saturated rings. The summed E-state index contributed by atoms with van der Waals surface area (Å²) in [5.74, 6) is 0. The van der Waals surface area contributed by atoms with Crippen LogP contribution in [0.5, 0.6) is 0 Å². The normalized spacial score (nSPS) is 14.8. The third-order valence-electron chi connectivity index (χ3n) is 3.40. The molecule has 8 heteroatoms. The lowest BCUT2D eigenvalue weighted by molar-refractivity contribution is 0.0627. The minimum absolute atomic E-state index is 0.111. The number of hydrogen-bond acceptors (Lipinski definition) is 4. The number of halogens is 1. The first-order chi connectivity index (χ1) is 10.1. The maximum atomic E-state index is 12.4. The largest absolute Gasteiger partial charge is 0.384 e. The Kier molecular flexibility index (Phi) is 4.62. The molecule has 1 unspecified atom stereocenters. The van der Waals surface area contributed by atoms with Gasteiger partial charge in [0.1, 0.15) is 10.5 Å². The molecule has 1 aromatic heterocycles. The third kappa shape index (κ3) is 3.49. The van der Waals surface area contributed by atoms with E-state index in [-0.39, 0.29) is 11.4 Å². The summed E-state index contributed by atoms with van der Waals surface area (Å²) >= 11 is 5.81. The van der Waals surface area contributed by atoms with Gasteiger partial charge in [-0.25, -0.2) is 13.1 Å². The molecule has 2 aromatic rings. The minimum atomic E-state index is -3.76. The fourth-order valence-electron chi connectivity index (χ4n) is 2.16. The Hall–Kier alpha value is -1.41. The van der Waals surface area contributed by atoms with E-state index in [2.05, 4.69) is 14.9 Å². The zero-order valence-corrected chi connectivity index (χ0v) is 14.1. The van der Waals surface area contributed by atoms with Crippen molar-refractivity contribution >= 4 is 21.6 Å². The average molecular weight is 344 g/mol. The van der Waals surface area contributed by atoms with Crippen LogP contribution in [0.15, 0.2) is 29.2 Å². The molecule has 0 aliphatic heterocycles. The van der Waals surface area contributed by atoms with Crippen molar-refractivity contribution in [2.24, 2.45) is 0 Å². The van der Waals surface area contributed by atoms with E-state index in [1.54, 1.807) is 38.1 Å². The van der Waals surface area contributed by atoms with Crippen molar-refractivity contribution in [3.8, 4) is 0 Å².